The molecule has 2 atom stereocenters. The van der Waals surface area contributed by atoms with Gasteiger partial charge in [0.05, 0.1) is 6.73 Å². The number of nitrogen functional groups attached to an aromatic ring is 2. The molecule has 0 aliphatic heterocycles. The van der Waals surface area contributed by atoms with Gasteiger partial charge in [-0.25, -0.2) is 4.79 Å². The van der Waals surface area contributed by atoms with Crippen molar-refractivity contribution in [1.29, 1.82) is 0 Å². The number of carbonyl (C=O) groups excluding carboxylic acids is 1. The maximum absolute atomic E-state index is 12.3. The third-order valence-corrected chi connectivity index (χ3v) is 4.34. The summed E-state index contributed by atoms with van der Waals surface area (Å²) in [5.41, 5.74) is 11.0. The van der Waals surface area contributed by atoms with Crippen LogP contribution in [-0.4, -0.2) is 45.4 Å². The van der Waals surface area contributed by atoms with Crippen LogP contribution in [0.3, 0.4) is 0 Å². The van der Waals surface area contributed by atoms with Gasteiger partial charge in [0.25, 0.3) is 0 Å². The minimum atomic E-state index is -0.412. The van der Waals surface area contributed by atoms with E-state index < -0.39 is 6.03 Å². The van der Waals surface area contributed by atoms with Gasteiger partial charge in [-0.05, 0) is 30.1 Å². The highest BCUT2D eigenvalue weighted by Crippen LogP contribution is 2.45. The van der Waals surface area contributed by atoms with Crippen LogP contribution in [0.5, 0.6) is 0 Å². The van der Waals surface area contributed by atoms with Crippen molar-refractivity contribution in [1.82, 2.24) is 25.6 Å². The molecule has 0 saturated heterocycles. The van der Waals surface area contributed by atoms with E-state index in [1.54, 1.807) is 0 Å². The molecule has 1 aliphatic rings. The largest absolute Gasteiger partial charge is 0.381 e. The fourth-order valence-corrected chi connectivity index (χ4v) is 4.02. The first kappa shape index (κ1) is 19.1. The van der Waals surface area contributed by atoms with Crippen LogP contribution in [-0.2, 0) is 0 Å². The maximum atomic E-state index is 12.3. The Kier molecular flexibility index (Phi) is 5.63. The lowest BCUT2D eigenvalue weighted by Gasteiger charge is -2.47. The Bertz CT molecular complexity index is 603. The van der Waals surface area contributed by atoms with Crippen molar-refractivity contribution in [2.24, 2.45) is 10.8 Å². The molecule has 1 heterocycles. The zero-order valence-corrected chi connectivity index (χ0v) is 15.0. The second kappa shape index (κ2) is 7.36. The van der Waals surface area contributed by atoms with Gasteiger partial charge in [-0.15, -0.1) is 0 Å². The molecule has 2 unspecified atom stereocenters. The number of hydrogen-bond donors (Lipinski definition) is 6. The third kappa shape index (κ3) is 5.68. The van der Waals surface area contributed by atoms with E-state index in [2.05, 4.69) is 51.7 Å². The van der Waals surface area contributed by atoms with E-state index in [0.717, 1.165) is 19.3 Å². The number of amides is 2. The van der Waals surface area contributed by atoms with E-state index in [0.29, 0.717) is 6.54 Å². The number of aliphatic hydroxyl groups is 1. The molecule has 1 aromatic rings. The second-order valence-corrected chi connectivity index (χ2v) is 7.82. The lowest BCUT2D eigenvalue weighted by atomic mass is 9.62. The van der Waals surface area contributed by atoms with Gasteiger partial charge in [0, 0.05) is 12.6 Å². The van der Waals surface area contributed by atoms with E-state index in [1.165, 1.54) is 0 Å². The molecular formula is C15H28N8O2. The lowest BCUT2D eigenvalue weighted by Crippen LogP contribution is -2.50. The van der Waals surface area contributed by atoms with Crippen molar-refractivity contribution >= 4 is 23.9 Å². The zero-order valence-electron chi connectivity index (χ0n) is 15.0. The first-order valence-electron chi connectivity index (χ1n) is 8.27. The summed E-state index contributed by atoms with van der Waals surface area (Å²) in [5, 5.41) is 17.5. The number of aliphatic hydroxyl groups excluding tert-OH is 1. The highest BCUT2D eigenvalue weighted by atomic mass is 16.3. The van der Waals surface area contributed by atoms with E-state index in [-0.39, 0.29) is 41.4 Å². The Labute approximate surface area is 147 Å². The number of rotatable bonds is 5. The average molecular weight is 352 g/mol. The van der Waals surface area contributed by atoms with Crippen LogP contribution in [0, 0.1) is 10.8 Å². The van der Waals surface area contributed by atoms with E-state index >= 15 is 0 Å². The molecule has 1 fully saturated rings. The van der Waals surface area contributed by atoms with Gasteiger partial charge in [-0.2, -0.15) is 15.0 Å². The Morgan fingerprint density at radius 1 is 1.20 bits per heavy atom. The fourth-order valence-electron chi connectivity index (χ4n) is 4.02. The number of anilines is 3. The molecule has 0 bridgehead atoms. The Balaban J connectivity index is 2.01. The minimum Gasteiger partial charge on any atom is -0.381 e. The molecule has 25 heavy (non-hydrogen) atoms. The number of carbonyl (C=O) groups is 1. The monoisotopic (exact) mass is 352 g/mol. The van der Waals surface area contributed by atoms with Gasteiger partial charge >= 0.3 is 6.03 Å². The van der Waals surface area contributed by atoms with Crippen molar-refractivity contribution in [2.75, 3.05) is 30.1 Å². The third-order valence-electron chi connectivity index (χ3n) is 4.34. The molecule has 8 N–H and O–H groups in total. The smallest absolute Gasteiger partial charge is 0.321 e. The summed E-state index contributed by atoms with van der Waals surface area (Å²) >= 11 is 0. The van der Waals surface area contributed by atoms with Gasteiger partial charge in [0.15, 0.2) is 0 Å². The van der Waals surface area contributed by atoms with Crippen LogP contribution < -0.4 is 27.4 Å². The summed E-state index contributed by atoms with van der Waals surface area (Å²) in [6, 6.07) is -0.420. The number of nitrogens with two attached hydrogens (primary N) is 2. The van der Waals surface area contributed by atoms with Crippen molar-refractivity contribution in [3.05, 3.63) is 0 Å². The summed E-state index contributed by atoms with van der Waals surface area (Å²) in [4.78, 5) is 23.6. The van der Waals surface area contributed by atoms with Gasteiger partial charge in [0.1, 0.15) is 0 Å². The summed E-state index contributed by atoms with van der Waals surface area (Å²) in [6.45, 7) is 7.16. The minimum absolute atomic E-state index is 0.00854. The van der Waals surface area contributed by atoms with Crippen LogP contribution in [0.25, 0.3) is 0 Å². The molecule has 10 nitrogen and oxygen atoms in total. The predicted octanol–water partition coefficient (Wildman–Crippen LogP) is 0.282. The van der Waals surface area contributed by atoms with Gasteiger partial charge < -0.3 is 21.9 Å². The predicted molar refractivity (Wildman–Crippen MR) is 95.4 cm³/mol. The van der Waals surface area contributed by atoms with E-state index in [9.17, 15) is 4.79 Å². The van der Waals surface area contributed by atoms with Crippen LogP contribution in [0.4, 0.5) is 22.6 Å². The van der Waals surface area contributed by atoms with Crippen LogP contribution in [0.2, 0.25) is 0 Å². The van der Waals surface area contributed by atoms with Gasteiger partial charge in [-0.3, -0.25) is 10.6 Å². The van der Waals surface area contributed by atoms with Gasteiger partial charge in [0.2, 0.25) is 17.8 Å². The van der Waals surface area contributed by atoms with E-state index in [1.807, 2.05) is 0 Å². The molecule has 1 aliphatic carbocycles. The molecule has 10 heteroatoms. The fraction of sp³-hybridized carbons (Fsp3) is 0.733. The highest BCUT2D eigenvalue weighted by molar-refractivity contribution is 5.87. The molecule has 2 rings (SSSR count). The second-order valence-electron chi connectivity index (χ2n) is 7.82. The normalized spacial score (nSPS) is 25.4. The number of aromatic nitrogens is 3. The SMILES string of the molecule is CC1(C)CC(NC(=O)Nc2nc(N)nc(N)n2)CC(C)(CNCO)C1. The molecule has 1 saturated carbocycles. The van der Waals surface area contributed by atoms with E-state index in [4.69, 9.17) is 16.6 Å². The number of hydrogen-bond acceptors (Lipinski definition) is 8. The Hall–Kier alpha value is -2.20. The molecular weight excluding hydrogens is 324 g/mol. The zero-order chi connectivity index (χ0) is 18.7. The molecule has 140 valence electrons. The molecule has 0 aromatic carbocycles. The van der Waals surface area contributed by atoms with Crippen molar-refractivity contribution in [3.63, 3.8) is 0 Å². The van der Waals surface area contributed by atoms with Crippen LogP contribution in [0.1, 0.15) is 40.0 Å². The van der Waals surface area contributed by atoms with Crippen LogP contribution in [0.15, 0.2) is 0 Å². The first-order valence-corrected chi connectivity index (χ1v) is 8.27. The van der Waals surface area contributed by atoms with Gasteiger partial charge in [-0.1, -0.05) is 20.8 Å². The quantitative estimate of drug-likeness (QED) is 0.411. The first-order chi connectivity index (χ1) is 11.6. The maximum Gasteiger partial charge on any atom is 0.321 e. The standard InChI is InChI=1S/C15H28N8O2/c1-14(2)4-9(5-15(3,6-14)7-18-8-24)19-13(25)23-12-21-10(16)20-11(17)22-12/h9,18,24H,4-8H2,1-3H3,(H6,16,17,19,20,21,22,23,25). The molecule has 2 amide bonds. The Morgan fingerprint density at radius 3 is 2.44 bits per heavy atom. The summed E-state index contributed by atoms with van der Waals surface area (Å²) in [7, 11) is 0. The topological polar surface area (TPSA) is 164 Å². The van der Waals surface area contributed by atoms with Crippen molar-refractivity contribution < 1.29 is 9.90 Å². The number of nitrogens with zero attached hydrogens (tertiary/aromatic N) is 3. The average Bonchev–Trinajstić information content (AvgIpc) is 2.41. The van der Waals surface area contributed by atoms with Crippen molar-refractivity contribution in [3.8, 4) is 0 Å². The molecule has 1 aromatic heterocycles. The summed E-state index contributed by atoms with van der Waals surface area (Å²) < 4.78 is 0. The summed E-state index contributed by atoms with van der Waals surface area (Å²) in [6.07, 6.45) is 2.67. The molecule has 0 spiro atoms. The number of nitrogens with one attached hydrogen (secondary N) is 3. The highest BCUT2D eigenvalue weighted by Gasteiger charge is 2.41. The lowest BCUT2D eigenvalue weighted by molar-refractivity contribution is 0.0678. The molecule has 0 radical (unpaired) electrons. The summed E-state index contributed by atoms with van der Waals surface area (Å²) in [5.74, 6) is -0.0872. The Morgan fingerprint density at radius 2 is 1.84 bits per heavy atom. The number of urea groups is 1. The van der Waals surface area contributed by atoms with Crippen molar-refractivity contribution in [2.45, 2.75) is 46.1 Å². The van der Waals surface area contributed by atoms with Crippen LogP contribution >= 0.6 is 0 Å².